The van der Waals surface area contributed by atoms with E-state index in [0.717, 1.165) is 18.3 Å². The van der Waals surface area contributed by atoms with E-state index in [1.807, 2.05) is 19.2 Å². The van der Waals surface area contributed by atoms with Crippen molar-refractivity contribution in [1.82, 2.24) is 10.5 Å². The largest absolute Gasteiger partial charge is 0.185 e. The molecule has 1 aliphatic rings. The van der Waals surface area contributed by atoms with E-state index in [2.05, 4.69) is 100 Å². The first-order valence-electron chi connectivity index (χ1n) is 7.42. The third kappa shape index (κ3) is 5.97. The Bertz CT molecular complexity index is 680. The molecule has 0 spiro atoms. The SMILES string of the molecule is COc1cccc(Cn2ccn(C)[c]2=[Pt])c1.IN(I)C1CCC1. The molecule has 0 atom stereocenters. The van der Waals surface area contributed by atoms with Gasteiger partial charge in [0.1, 0.15) is 0 Å². The third-order valence-electron chi connectivity index (χ3n) is 3.80. The standard InChI is InChI=1S/C12H14N2O.C4H7I2N.Pt/c1-13-6-7-14(10-13)9-11-4-3-5-12(8-11)15-2;5-7(6)4-2-1-3-4;/h3-8H,9H2,1-2H3;4H,1-3H2;. The summed E-state index contributed by atoms with van der Waals surface area (Å²) in [5.74, 6) is 0.907. The first-order valence-corrected chi connectivity index (χ1v) is 10.5. The van der Waals surface area contributed by atoms with E-state index in [4.69, 9.17) is 4.74 Å². The molecule has 4 nitrogen and oxygen atoms in total. The molecule has 0 bridgehead atoms. The van der Waals surface area contributed by atoms with Crippen LogP contribution in [0.2, 0.25) is 0 Å². The number of hydrogen-bond donors (Lipinski definition) is 0. The van der Waals surface area contributed by atoms with Crippen LogP contribution < -0.4 is 4.74 Å². The molecule has 130 valence electrons. The Hall–Kier alpha value is 0.338. The number of benzene rings is 1. The van der Waals surface area contributed by atoms with Gasteiger partial charge in [0.05, 0.1) is 0 Å². The molecule has 0 radical (unpaired) electrons. The zero-order valence-corrected chi connectivity index (χ0v) is 19.8. The van der Waals surface area contributed by atoms with Crippen LogP contribution in [0.4, 0.5) is 0 Å². The fraction of sp³-hybridized carbons (Fsp3) is 0.438. The summed E-state index contributed by atoms with van der Waals surface area (Å²) in [7, 11) is 3.74. The van der Waals surface area contributed by atoms with Gasteiger partial charge < -0.3 is 0 Å². The van der Waals surface area contributed by atoms with Gasteiger partial charge >= 0.3 is 106 Å². The van der Waals surface area contributed by atoms with Crippen LogP contribution in [-0.4, -0.2) is 23.6 Å². The summed E-state index contributed by atoms with van der Waals surface area (Å²) < 4.78 is 13.0. The maximum Gasteiger partial charge on any atom is 0.0311 e. The molecule has 1 aromatic heterocycles. The van der Waals surface area contributed by atoms with Crippen LogP contribution in [0.5, 0.6) is 5.75 Å². The summed E-state index contributed by atoms with van der Waals surface area (Å²) in [6.07, 6.45) is 8.40. The monoisotopic (exact) mass is 720 g/mol. The molecule has 1 heterocycles. The summed E-state index contributed by atoms with van der Waals surface area (Å²) in [5, 5.41) is 0. The average molecular weight is 720 g/mol. The van der Waals surface area contributed by atoms with Crippen molar-refractivity contribution in [1.29, 1.82) is 0 Å². The smallest absolute Gasteiger partial charge is 0.0311 e. The molecule has 0 saturated heterocycles. The number of hydrogen-bond acceptors (Lipinski definition) is 2. The summed E-state index contributed by atoms with van der Waals surface area (Å²) in [6.45, 7) is 0.872. The van der Waals surface area contributed by atoms with Crippen molar-refractivity contribution in [2.75, 3.05) is 7.11 Å². The van der Waals surface area contributed by atoms with E-state index in [1.54, 1.807) is 7.11 Å². The Balaban J connectivity index is 0.000000229. The van der Waals surface area contributed by atoms with Crippen molar-refractivity contribution >= 4 is 45.7 Å². The van der Waals surface area contributed by atoms with Crippen LogP contribution in [0.1, 0.15) is 24.8 Å². The minimum Gasteiger partial charge on any atom is -0.185 e. The fourth-order valence-corrected chi connectivity index (χ4v) is 3.79. The molecule has 1 aromatic carbocycles. The average Bonchev–Trinajstić information content (AvgIpc) is 2.78. The molecule has 1 aliphatic carbocycles. The van der Waals surface area contributed by atoms with Crippen molar-refractivity contribution in [3.8, 4) is 5.75 Å². The Labute approximate surface area is 176 Å². The van der Waals surface area contributed by atoms with Crippen molar-refractivity contribution in [3.05, 3.63) is 46.0 Å². The van der Waals surface area contributed by atoms with Crippen molar-refractivity contribution in [3.63, 3.8) is 0 Å². The van der Waals surface area contributed by atoms with Crippen LogP contribution in [-0.2, 0) is 32.9 Å². The van der Waals surface area contributed by atoms with Crippen LogP contribution >= 0.6 is 45.7 Å². The second-order valence-electron chi connectivity index (χ2n) is 5.47. The topological polar surface area (TPSA) is 22.3 Å². The first-order chi connectivity index (χ1) is 11.0. The predicted molar refractivity (Wildman–Crippen MR) is 106 cm³/mol. The number of methoxy groups -OCH3 is 1. The van der Waals surface area contributed by atoms with E-state index >= 15 is 0 Å². The van der Waals surface area contributed by atoms with Gasteiger partial charge in [0.25, 0.3) is 0 Å². The molecular weight excluding hydrogens is 699 g/mol. The van der Waals surface area contributed by atoms with Gasteiger partial charge in [-0.3, -0.25) is 0 Å². The summed E-state index contributed by atoms with van der Waals surface area (Å²) in [6, 6.07) is 9.05. The Morgan fingerprint density at radius 2 is 2.04 bits per heavy atom. The van der Waals surface area contributed by atoms with Crippen molar-refractivity contribution < 1.29 is 24.1 Å². The number of ether oxygens (including phenoxy) is 1. The maximum absolute atomic E-state index is 5.21. The molecule has 0 unspecified atom stereocenters. The Kier molecular flexibility index (Phi) is 8.31. The maximum atomic E-state index is 5.21. The van der Waals surface area contributed by atoms with Gasteiger partial charge in [0.2, 0.25) is 0 Å². The normalized spacial score (nSPS) is 14.2. The molecule has 23 heavy (non-hydrogen) atoms. The van der Waals surface area contributed by atoms with Crippen molar-refractivity contribution in [2.24, 2.45) is 7.05 Å². The summed E-state index contributed by atoms with van der Waals surface area (Å²) >= 11 is 7.00. The van der Waals surface area contributed by atoms with Gasteiger partial charge in [-0.05, 0) is 12.8 Å². The summed E-state index contributed by atoms with van der Waals surface area (Å²) in [4.78, 5) is 0. The van der Waals surface area contributed by atoms with E-state index < -0.39 is 0 Å². The minimum atomic E-state index is 0.872. The molecule has 0 aliphatic heterocycles. The Morgan fingerprint density at radius 3 is 2.48 bits per heavy atom. The summed E-state index contributed by atoms with van der Waals surface area (Å²) in [5.41, 5.74) is 1.24. The molecule has 0 N–H and O–H groups in total. The number of imidazole rings is 1. The Morgan fingerprint density at radius 1 is 1.30 bits per heavy atom. The van der Waals surface area contributed by atoms with Gasteiger partial charge in [0.15, 0.2) is 0 Å². The zero-order valence-electron chi connectivity index (χ0n) is 13.2. The number of aromatic nitrogens is 2. The molecule has 7 heteroatoms. The first kappa shape index (κ1) is 19.7. The van der Waals surface area contributed by atoms with Crippen LogP contribution in [0.15, 0.2) is 36.7 Å². The van der Waals surface area contributed by atoms with E-state index in [-0.39, 0.29) is 0 Å². The molecular formula is C16H21I2N3OPt. The number of rotatable bonds is 4. The zero-order chi connectivity index (χ0) is 16.8. The van der Waals surface area contributed by atoms with Crippen LogP contribution in [0.3, 0.4) is 0 Å². The number of nitrogens with zero attached hydrogens (tertiary/aromatic N) is 3. The van der Waals surface area contributed by atoms with Crippen LogP contribution in [0.25, 0.3) is 0 Å². The van der Waals surface area contributed by atoms with E-state index in [9.17, 15) is 0 Å². The molecule has 0 amide bonds. The molecule has 1 saturated carbocycles. The van der Waals surface area contributed by atoms with Crippen LogP contribution in [0, 0.1) is 3.80 Å². The van der Waals surface area contributed by atoms with Gasteiger partial charge in [-0.2, -0.15) is 1.33 Å². The molecule has 2 aromatic rings. The van der Waals surface area contributed by atoms with Gasteiger partial charge in [-0.15, -0.1) is 0 Å². The second kappa shape index (κ2) is 9.73. The van der Waals surface area contributed by atoms with E-state index in [0.29, 0.717) is 0 Å². The number of halogens is 2. The minimum absolute atomic E-state index is 0.872. The van der Waals surface area contributed by atoms with E-state index in [1.165, 1.54) is 28.6 Å². The predicted octanol–water partition coefficient (Wildman–Crippen LogP) is 4.50. The van der Waals surface area contributed by atoms with Crippen molar-refractivity contribution in [2.45, 2.75) is 31.8 Å². The quantitative estimate of drug-likeness (QED) is 0.343. The second-order valence-corrected chi connectivity index (χ2v) is 10.4. The molecule has 3 rings (SSSR count). The third-order valence-corrected chi connectivity index (χ3v) is 6.83. The fourth-order valence-electron chi connectivity index (χ4n) is 2.16. The number of aryl methyl sites for hydroxylation is 1. The van der Waals surface area contributed by atoms with Gasteiger partial charge in [0, 0.05) is 51.8 Å². The molecule has 1 fully saturated rings. The van der Waals surface area contributed by atoms with Gasteiger partial charge in [-0.25, -0.2) is 0 Å². The van der Waals surface area contributed by atoms with Gasteiger partial charge in [-0.1, -0.05) is 6.42 Å².